The second-order valence-corrected chi connectivity index (χ2v) is 5.17. The summed E-state index contributed by atoms with van der Waals surface area (Å²) in [5.41, 5.74) is 1.44. The van der Waals surface area contributed by atoms with E-state index in [2.05, 4.69) is 6.92 Å². The second-order valence-electron chi connectivity index (χ2n) is 5.17. The maximum atomic E-state index is 12.4. The van der Waals surface area contributed by atoms with Crippen molar-refractivity contribution in [1.82, 2.24) is 4.90 Å². The van der Waals surface area contributed by atoms with Crippen LogP contribution in [0.15, 0.2) is 18.2 Å². The van der Waals surface area contributed by atoms with E-state index < -0.39 is 0 Å². The Morgan fingerprint density at radius 3 is 2.94 bits per heavy atom. The predicted molar refractivity (Wildman–Crippen MR) is 71.8 cm³/mol. The van der Waals surface area contributed by atoms with E-state index in [0.29, 0.717) is 11.5 Å². The lowest BCUT2D eigenvalue weighted by Crippen LogP contribution is -2.39. The molecule has 0 aromatic heterocycles. The summed E-state index contributed by atoms with van der Waals surface area (Å²) in [4.78, 5) is 14.3. The topological polar surface area (TPSA) is 40.5 Å². The molecule has 1 atom stereocenters. The fraction of sp³-hybridized carbons (Fsp3) is 0.533. The highest BCUT2D eigenvalue weighted by atomic mass is 16.3. The van der Waals surface area contributed by atoms with Crippen molar-refractivity contribution in [3.63, 3.8) is 0 Å². The minimum atomic E-state index is 0.0938. The summed E-state index contributed by atoms with van der Waals surface area (Å²) in [6.45, 7) is 5.73. The average Bonchev–Trinajstić information content (AvgIpc) is 2.41. The van der Waals surface area contributed by atoms with Crippen molar-refractivity contribution in [3.05, 3.63) is 29.3 Å². The molecule has 98 valence electrons. The molecule has 0 aliphatic carbocycles. The summed E-state index contributed by atoms with van der Waals surface area (Å²) >= 11 is 0. The van der Waals surface area contributed by atoms with Crippen molar-refractivity contribution in [2.75, 3.05) is 13.1 Å². The van der Waals surface area contributed by atoms with E-state index in [-0.39, 0.29) is 11.7 Å². The standard InChI is InChI=1S/C15H21NO2/c1-3-12-5-4-8-16(10-12)15(18)13-6-7-14(17)11(2)9-13/h6-7,9,12,17H,3-5,8,10H2,1-2H3. The van der Waals surface area contributed by atoms with Gasteiger partial charge in [-0.1, -0.05) is 13.3 Å². The van der Waals surface area contributed by atoms with E-state index in [1.807, 2.05) is 11.8 Å². The molecule has 1 fully saturated rings. The third-order valence-corrected chi connectivity index (χ3v) is 3.83. The van der Waals surface area contributed by atoms with Crippen LogP contribution >= 0.6 is 0 Å². The molecule has 3 heteroatoms. The third-order valence-electron chi connectivity index (χ3n) is 3.83. The van der Waals surface area contributed by atoms with Gasteiger partial charge in [-0.3, -0.25) is 4.79 Å². The van der Waals surface area contributed by atoms with Gasteiger partial charge in [0.1, 0.15) is 5.75 Å². The first kappa shape index (κ1) is 12.9. The predicted octanol–water partition coefficient (Wildman–Crippen LogP) is 2.96. The molecule has 1 aliphatic heterocycles. The van der Waals surface area contributed by atoms with Gasteiger partial charge in [-0.2, -0.15) is 0 Å². The van der Waals surface area contributed by atoms with Crippen molar-refractivity contribution in [2.45, 2.75) is 33.1 Å². The Hall–Kier alpha value is -1.51. The summed E-state index contributed by atoms with van der Waals surface area (Å²) < 4.78 is 0. The van der Waals surface area contributed by atoms with Crippen LogP contribution in [0.3, 0.4) is 0 Å². The molecule has 1 unspecified atom stereocenters. The molecule has 3 nitrogen and oxygen atoms in total. The van der Waals surface area contributed by atoms with E-state index in [1.165, 1.54) is 6.42 Å². The van der Waals surface area contributed by atoms with Crippen molar-refractivity contribution >= 4 is 5.91 Å². The lowest BCUT2D eigenvalue weighted by molar-refractivity contribution is 0.0671. The number of nitrogens with zero attached hydrogens (tertiary/aromatic N) is 1. The first-order valence-electron chi connectivity index (χ1n) is 6.70. The van der Waals surface area contributed by atoms with E-state index in [0.717, 1.165) is 31.5 Å². The van der Waals surface area contributed by atoms with Gasteiger partial charge in [0.15, 0.2) is 0 Å². The van der Waals surface area contributed by atoms with Gasteiger partial charge < -0.3 is 10.0 Å². The number of phenolic OH excluding ortho intramolecular Hbond substituents is 1. The first-order chi connectivity index (χ1) is 8.61. The Labute approximate surface area is 108 Å². The van der Waals surface area contributed by atoms with E-state index in [1.54, 1.807) is 18.2 Å². The third kappa shape index (κ3) is 2.66. The fourth-order valence-corrected chi connectivity index (χ4v) is 2.55. The molecular weight excluding hydrogens is 226 g/mol. The lowest BCUT2D eigenvalue weighted by Gasteiger charge is -2.32. The number of hydrogen-bond donors (Lipinski definition) is 1. The van der Waals surface area contributed by atoms with Gasteiger partial charge in [0, 0.05) is 18.7 Å². The van der Waals surface area contributed by atoms with E-state index in [9.17, 15) is 9.90 Å². The van der Waals surface area contributed by atoms with Crippen molar-refractivity contribution in [1.29, 1.82) is 0 Å². The number of benzene rings is 1. The SMILES string of the molecule is CCC1CCCN(C(=O)c2ccc(O)c(C)c2)C1. The van der Waals surface area contributed by atoms with Crippen LogP contribution in [0.5, 0.6) is 5.75 Å². The quantitative estimate of drug-likeness (QED) is 0.872. The molecule has 1 aliphatic rings. The Balaban J connectivity index is 2.12. The van der Waals surface area contributed by atoms with Gasteiger partial charge in [0.05, 0.1) is 0 Å². The number of likely N-dealkylation sites (tertiary alicyclic amines) is 1. The normalized spacial score (nSPS) is 19.9. The van der Waals surface area contributed by atoms with E-state index >= 15 is 0 Å². The zero-order valence-electron chi connectivity index (χ0n) is 11.1. The second kappa shape index (κ2) is 5.42. The molecule has 0 bridgehead atoms. The van der Waals surface area contributed by atoms with E-state index in [4.69, 9.17) is 0 Å². The number of hydrogen-bond acceptors (Lipinski definition) is 2. The smallest absolute Gasteiger partial charge is 0.253 e. The Kier molecular flexibility index (Phi) is 3.90. The lowest BCUT2D eigenvalue weighted by atomic mass is 9.95. The average molecular weight is 247 g/mol. The van der Waals surface area contributed by atoms with Crippen LogP contribution in [-0.4, -0.2) is 29.0 Å². The number of aromatic hydroxyl groups is 1. The monoisotopic (exact) mass is 247 g/mol. The van der Waals surface area contributed by atoms with Crippen LogP contribution < -0.4 is 0 Å². The number of phenols is 1. The Bertz CT molecular complexity index is 442. The molecule has 0 radical (unpaired) electrons. The number of carbonyl (C=O) groups is 1. The zero-order chi connectivity index (χ0) is 13.1. The van der Waals surface area contributed by atoms with Gasteiger partial charge in [-0.05, 0) is 49.4 Å². The molecule has 2 rings (SSSR count). The van der Waals surface area contributed by atoms with Crippen LogP contribution in [0.1, 0.15) is 42.1 Å². The molecule has 1 saturated heterocycles. The Morgan fingerprint density at radius 2 is 2.28 bits per heavy atom. The van der Waals surface area contributed by atoms with Gasteiger partial charge in [-0.25, -0.2) is 0 Å². The van der Waals surface area contributed by atoms with Crippen LogP contribution in [-0.2, 0) is 0 Å². The molecule has 0 spiro atoms. The van der Waals surface area contributed by atoms with Crippen molar-refractivity contribution in [3.8, 4) is 5.75 Å². The zero-order valence-corrected chi connectivity index (χ0v) is 11.1. The maximum Gasteiger partial charge on any atom is 0.253 e. The highest BCUT2D eigenvalue weighted by Gasteiger charge is 2.23. The number of amides is 1. The summed E-state index contributed by atoms with van der Waals surface area (Å²) in [5.74, 6) is 0.980. The van der Waals surface area contributed by atoms with Gasteiger partial charge in [-0.15, -0.1) is 0 Å². The minimum Gasteiger partial charge on any atom is -0.508 e. The highest BCUT2D eigenvalue weighted by molar-refractivity contribution is 5.94. The number of piperidine rings is 1. The minimum absolute atomic E-state index is 0.0938. The largest absolute Gasteiger partial charge is 0.508 e. The molecule has 1 N–H and O–H groups in total. The van der Waals surface area contributed by atoms with Gasteiger partial charge in [0.2, 0.25) is 0 Å². The van der Waals surface area contributed by atoms with Crippen molar-refractivity contribution in [2.24, 2.45) is 5.92 Å². The Morgan fingerprint density at radius 1 is 1.50 bits per heavy atom. The summed E-state index contributed by atoms with van der Waals surface area (Å²) in [6, 6.07) is 5.08. The molecule has 1 aromatic carbocycles. The summed E-state index contributed by atoms with van der Waals surface area (Å²) in [5, 5.41) is 9.49. The maximum absolute atomic E-state index is 12.4. The fourth-order valence-electron chi connectivity index (χ4n) is 2.55. The summed E-state index contributed by atoms with van der Waals surface area (Å²) in [7, 11) is 0. The molecule has 0 saturated carbocycles. The molecular formula is C15H21NO2. The molecule has 18 heavy (non-hydrogen) atoms. The molecule has 1 aromatic rings. The van der Waals surface area contributed by atoms with Crippen LogP contribution in [0.25, 0.3) is 0 Å². The molecule has 1 amide bonds. The van der Waals surface area contributed by atoms with Gasteiger partial charge >= 0.3 is 0 Å². The van der Waals surface area contributed by atoms with Crippen LogP contribution in [0, 0.1) is 12.8 Å². The highest BCUT2D eigenvalue weighted by Crippen LogP contribution is 2.23. The van der Waals surface area contributed by atoms with Gasteiger partial charge in [0.25, 0.3) is 5.91 Å². The number of carbonyl (C=O) groups excluding carboxylic acids is 1. The summed E-state index contributed by atoms with van der Waals surface area (Å²) in [6.07, 6.45) is 3.47. The molecule has 1 heterocycles. The van der Waals surface area contributed by atoms with Crippen molar-refractivity contribution < 1.29 is 9.90 Å². The van der Waals surface area contributed by atoms with Crippen LogP contribution in [0.2, 0.25) is 0 Å². The van der Waals surface area contributed by atoms with Crippen LogP contribution in [0.4, 0.5) is 0 Å². The first-order valence-corrected chi connectivity index (χ1v) is 6.70. The number of aryl methyl sites for hydroxylation is 1. The number of rotatable bonds is 2.